The summed E-state index contributed by atoms with van der Waals surface area (Å²) in [7, 11) is 0. The monoisotopic (exact) mass is 409 g/mol. The zero-order valence-electron chi connectivity index (χ0n) is 17.3. The van der Waals surface area contributed by atoms with Gasteiger partial charge in [-0.3, -0.25) is 0 Å². The van der Waals surface area contributed by atoms with Crippen LogP contribution in [0.5, 0.6) is 0 Å². The van der Waals surface area contributed by atoms with Crippen molar-refractivity contribution >= 4 is 43.7 Å². The minimum Gasteiger partial charge on any atom is -0.456 e. The van der Waals surface area contributed by atoms with E-state index in [4.69, 9.17) is 4.42 Å². The predicted molar refractivity (Wildman–Crippen MR) is 133 cm³/mol. The van der Waals surface area contributed by atoms with Crippen LogP contribution >= 0.6 is 0 Å². The Morgan fingerprint density at radius 3 is 1.84 bits per heavy atom. The Bertz CT molecular complexity index is 1730. The zero-order valence-corrected chi connectivity index (χ0v) is 17.3. The summed E-state index contributed by atoms with van der Waals surface area (Å²) in [6, 6.07) is 40.7. The van der Waals surface area contributed by atoms with Crippen LogP contribution in [0.1, 0.15) is 0 Å². The van der Waals surface area contributed by atoms with Crippen molar-refractivity contribution in [2.45, 2.75) is 0 Å². The van der Waals surface area contributed by atoms with Crippen LogP contribution in [0.25, 0.3) is 60.6 Å². The Labute approximate surface area is 184 Å². The Kier molecular flexibility index (Phi) is 3.58. The molecule has 7 aromatic rings. The normalized spacial score (nSPS) is 11.8. The van der Waals surface area contributed by atoms with Gasteiger partial charge in [0.05, 0.1) is 11.0 Å². The number of rotatable bonds is 2. The molecule has 32 heavy (non-hydrogen) atoms. The van der Waals surface area contributed by atoms with Crippen LogP contribution in [0.2, 0.25) is 0 Å². The second-order valence-corrected chi connectivity index (χ2v) is 8.23. The van der Waals surface area contributed by atoms with Crippen LogP contribution in [-0.2, 0) is 0 Å². The van der Waals surface area contributed by atoms with E-state index in [0.29, 0.717) is 0 Å². The van der Waals surface area contributed by atoms with Crippen molar-refractivity contribution in [2.75, 3.05) is 0 Å². The molecule has 150 valence electrons. The highest BCUT2D eigenvalue weighted by Gasteiger charge is 2.13. The molecular formula is C30H19NO. The van der Waals surface area contributed by atoms with Crippen molar-refractivity contribution in [3.8, 4) is 16.8 Å². The van der Waals surface area contributed by atoms with Gasteiger partial charge < -0.3 is 8.98 Å². The molecule has 2 nitrogen and oxygen atoms in total. The molecule has 2 heterocycles. The lowest BCUT2D eigenvalue weighted by atomic mass is 10.0. The van der Waals surface area contributed by atoms with Crippen molar-refractivity contribution in [1.82, 2.24) is 4.57 Å². The van der Waals surface area contributed by atoms with Gasteiger partial charge in [-0.05, 0) is 53.6 Å². The minimum absolute atomic E-state index is 0.922. The molecule has 0 spiro atoms. The smallest absolute Gasteiger partial charge is 0.136 e. The van der Waals surface area contributed by atoms with Gasteiger partial charge in [-0.1, -0.05) is 72.8 Å². The molecule has 2 heteroatoms. The SMILES string of the molecule is c1cc(-c2ccc3c(c2)oc2ccccc23)cc(-n2c3ccccc3c3ccccc32)c1. The average Bonchev–Trinajstić information content (AvgIpc) is 3.39. The molecule has 0 saturated heterocycles. The van der Waals surface area contributed by atoms with E-state index in [2.05, 4.69) is 108 Å². The van der Waals surface area contributed by atoms with E-state index < -0.39 is 0 Å². The molecule has 0 aliphatic heterocycles. The number of hydrogen-bond donors (Lipinski definition) is 0. The summed E-state index contributed by atoms with van der Waals surface area (Å²) in [5.41, 5.74) is 7.78. The van der Waals surface area contributed by atoms with Crippen LogP contribution in [0.4, 0.5) is 0 Å². The van der Waals surface area contributed by atoms with E-state index in [1.165, 1.54) is 27.4 Å². The molecule has 0 amide bonds. The Morgan fingerprint density at radius 1 is 0.438 bits per heavy atom. The Balaban J connectivity index is 1.44. The molecule has 0 aliphatic rings. The molecule has 0 radical (unpaired) electrons. The van der Waals surface area contributed by atoms with Gasteiger partial charge in [0.1, 0.15) is 11.2 Å². The number of nitrogens with zero attached hydrogens (tertiary/aromatic N) is 1. The number of furan rings is 1. The van der Waals surface area contributed by atoms with Gasteiger partial charge in [0.2, 0.25) is 0 Å². The number of fused-ring (bicyclic) bond motifs is 6. The third-order valence-corrected chi connectivity index (χ3v) is 6.40. The van der Waals surface area contributed by atoms with E-state index in [1.807, 2.05) is 12.1 Å². The number of hydrogen-bond acceptors (Lipinski definition) is 1. The molecule has 0 aliphatic carbocycles. The van der Waals surface area contributed by atoms with Crippen molar-refractivity contribution < 1.29 is 4.42 Å². The van der Waals surface area contributed by atoms with Gasteiger partial charge in [-0.25, -0.2) is 0 Å². The van der Waals surface area contributed by atoms with Gasteiger partial charge in [-0.15, -0.1) is 0 Å². The van der Waals surface area contributed by atoms with Crippen LogP contribution < -0.4 is 0 Å². The summed E-state index contributed by atoms with van der Waals surface area (Å²) in [6.07, 6.45) is 0. The molecule has 5 aromatic carbocycles. The average molecular weight is 409 g/mol. The second kappa shape index (κ2) is 6.60. The van der Waals surface area contributed by atoms with Crippen LogP contribution in [0, 0.1) is 0 Å². The maximum atomic E-state index is 6.13. The van der Waals surface area contributed by atoms with E-state index in [9.17, 15) is 0 Å². The lowest BCUT2D eigenvalue weighted by Gasteiger charge is -2.10. The van der Waals surface area contributed by atoms with Crippen LogP contribution in [0.3, 0.4) is 0 Å². The minimum atomic E-state index is 0.922. The lowest BCUT2D eigenvalue weighted by molar-refractivity contribution is 0.669. The second-order valence-electron chi connectivity index (χ2n) is 8.23. The third-order valence-electron chi connectivity index (χ3n) is 6.40. The highest BCUT2D eigenvalue weighted by atomic mass is 16.3. The predicted octanol–water partition coefficient (Wildman–Crippen LogP) is 8.35. The molecule has 2 aromatic heterocycles. The summed E-state index contributed by atoms with van der Waals surface area (Å²) in [4.78, 5) is 0. The topological polar surface area (TPSA) is 18.1 Å². The van der Waals surface area contributed by atoms with Gasteiger partial charge >= 0.3 is 0 Å². The maximum Gasteiger partial charge on any atom is 0.136 e. The van der Waals surface area contributed by atoms with Crippen molar-refractivity contribution in [2.24, 2.45) is 0 Å². The van der Waals surface area contributed by atoms with Crippen molar-refractivity contribution in [1.29, 1.82) is 0 Å². The summed E-state index contributed by atoms with van der Waals surface area (Å²) in [5, 5.41) is 4.87. The number of aromatic nitrogens is 1. The first-order chi connectivity index (χ1) is 15.9. The van der Waals surface area contributed by atoms with Crippen molar-refractivity contribution in [3.63, 3.8) is 0 Å². The summed E-state index contributed by atoms with van der Waals surface area (Å²) in [5.74, 6) is 0. The van der Waals surface area contributed by atoms with Crippen molar-refractivity contribution in [3.05, 3.63) is 115 Å². The maximum absolute atomic E-state index is 6.13. The molecule has 0 unspecified atom stereocenters. The van der Waals surface area contributed by atoms with E-state index in [0.717, 1.165) is 33.2 Å². The number of benzene rings is 5. The molecule has 0 bridgehead atoms. The van der Waals surface area contributed by atoms with Gasteiger partial charge in [0, 0.05) is 27.2 Å². The quantitative estimate of drug-likeness (QED) is 0.280. The highest BCUT2D eigenvalue weighted by molar-refractivity contribution is 6.09. The molecule has 0 fully saturated rings. The first kappa shape index (κ1) is 17.4. The largest absolute Gasteiger partial charge is 0.456 e. The molecule has 0 saturated carbocycles. The number of para-hydroxylation sites is 3. The van der Waals surface area contributed by atoms with Crippen LogP contribution in [-0.4, -0.2) is 4.57 Å². The van der Waals surface area contributed by atoms with E-state index in [-0.39, 0.29) is 0 Å². The zero-order chi connectivity index (χ0) is 21.1. The molecule has 7 rings (SSSR count). The van der Waals surface area contributed by atoms with Gasteiger partial charge in [-0.2, -0.15) is 0 Å². The summed E-state index contributed by atoms with van der Waals surface area (Å²) < 4.78 is 8.48. The van der Waals surface area contributed by atoms with E-state index in [1.54, 1.807) is 0 Å². The standard InChI is InChI=1S/C30H19NO/c1-4-13-27-23(10-1)24-11-2-5-14-28(24)31(27)22-9-7-8-20(18-22)21-16-17-26-25-12-3-6-15-29(25)32-30(26)19-21/h1-19H. The van der Waals surface area contributed by atoms with Gasteiger partial charge in [0.25, 0.3) is 0 Å². The third kappa shape index (κ3) is 2.47. The lowest BCUT2D eigenvalue weighted by Crippen LogP contribution is -1.94. The van der Waals surface area contributed by atoms with Gasteiger partial charge in [0.15, 0.2) is 0 Å². The highest BCUT2D eigenvalue weighted by Crippen LogP contribution is 2.35. The Hall–Kier alpha value is -4.30. The summed E-state index contributed by atoms with van der Waals surface area (Å²) in [6.45, 7) is 0. The first-order valence-corrected chi connectivity index (χ1v) is 10.9. The fourth-order valence-corrected chi connectivity index (χ4v) is 4.93. The molecule has 0 N–H and O–H groups in total. The van der Waals surface area contributed by atoms with E-state index >= 15 is 0 Å². The molecule has 0 atom stereocenters. The Morgan fingerprint density at radius 2 is 1.06 bits per heavy atom. The van der Waals surface area contributed by atoms with Crippen LogP contribution in [0.15, 0.2) is 120 Å². The molecular weight excluding hydrogens is 390 g/mol. The fraction of sp³-hybridized carbons (Fsp3) is 0. The fourth-order valence-electron chi connectivity index (χ4n) is 4.93. The first-order valence-electron chi connectivity index (χ1n) is 10.9. The summed E-state index contributed by atoms with van der Waals surface area (Å²) >= 11 is 0.